The minimum Gasteiger partial charge on any atom is -0.456 e. The standard InChI is InChI=1S/C59H37N3O3.C24H17NO.C11H5Br2NO.CH4.S5.S4/c1-3-11-38(12-4-1)40-19-23-42(24-20-40)61(44-27-30-49-47-15-7-9-17-53(47)63-55(49)33-44)45-28-32-51-52-37-60-59(36-58(52)65-57(51)34-45)62(43-25-21-41(22-26-43)39-13-5-2-6-14-39)46-29-31-50-48-16-8-10-18-54(48)64-56(50)35-46;1-2-6-17(7-3-1)18-10-12-19(13-11-18)25-20-14-15-22-21-8-4-5-9-23(21)26-24(22)16-20;12-6-1-2-7-8-5-14-11(13)4-10(8)15-9(7)3-6;;1-3-5-4-2;1-3-4-2/h1-37H;1-16,25H;1-5H;1H4;;. The number of furan rings is 5. The average Bonchev–Trinajstić information content (AvgIpc) is 1.61. The van der Waals surface area contributed by atoms with E-state index in [1.54, 1.807) is 0 Å². The number of benzene rings is 14. The zero-order chi connectivity index (χ0) is 78.1. The first-order chi connectivity index (χ1) is 56.6. The fourth-order valence-electron chi connectivity index (χ4n) is 14.3. The lowest BCUT2D eigenvalue weighted by Crippen LogP contribution is -2.11. The number of hydrogen-bond donors (Lipinski definition) is 1. The molecule has 0 bridgehead atoms. The van der Waals surface area contributed by atoms with Crippen LogP contribution in [0.25, 0.3) is 143 Å². The van der Waals surface area contributed by atoms with Crippen molar-refractivity contribution in [3.05, 3.63) is 361 Å². The molecule has 0 saturated carbocycles. The Balaban J connectivity index is 0.000000160. The number of pyridine rings is 2. The van der Waals surface area contributed by atoms with Crippen LogP contribution in [0.4, 0.5) is 45.6 Å². The number of para-hydroxylation sites is 3. The summed E-state index contributed by atoms with van der Waals surface area (Å²) in [5.74, 6) is 0.721. The Hall–Kier alpha value is -11.3. The molecule has 21 rings (SSSR count). The highest BCUT2D eigenvalue weighted by atomic mass is 79.9. The van der Waals surface area contributed by atoms with Crippen molar-refractivity contribution < 1.29 is 22.1 Å². The van der Waals surface area contributed by atoms with Crippen molar-refractivity contribution in [1.82, 2.24) is 9.97 Å². The zero-order valence-electron chi connectivity index (χ0n) is 60.2. The van der Waals surface area contributed by atoms with Gasteiger partial charge in [0.1, 0.15) is 66.3 Å². The smallest absolute Gasteiger partial charge is 0.141 e. The molecule has 14 aromatic carbocycles. The summed E-state index contributed by atoms with van der Waals surface area (Å²) < 4.78 is 33.1. The lowest BCUT2D eigenvalue weighted by molar-refractivity contribution is 0.667. The van der Waals surface area contributed by atoms with Gasteiger partial charge in [-0.15, -0.1) is 0 Å². The number of halogens is 2. The van der Waals surface area contributed by atoms with Gasteiger partial charge >= 0.3 is 0 Å². The van der Waals surface area contributed by atoms with Crippen LogP contribution in [0.5, 0.6) is 0 Å². The Morgan fingerprint density at radius 2 is 0.578 bits per heavy atom. The van der Waals surface area contributed by atoms with Crippen LogP contribution in [-0.4, -0.2) is 9.97 Å². The van der Waals surface area contributed by atoms with Crippen molar-refractivity contribution in [3.63, 3.8) is 0 Å². The molecule has 0 aliphatic heterocycles. The van der Waals surface area contributed by atoms with Crippen LogP contribution in [0.2, 0.25) is 0 Å². The van der Waals surface area contributed by atoms with Gasteiger partial charge in [-0.05, 0) is 171 Å². The highest BCUT2D eigenvalue weighted by Gasteiger charge is 2.22. The molecular weight excluding hydrogens is 1740 g/mol. The van der Waals surface area contributed by atoms with Crippen molar-refractivity contribution in [1.29, 1.82) is 0 Å². The molecule has 7 heterocycles. The summed E-state index contributed by atoms with van der Waals surface area (Å²) in [7, 11) is 6.29. The molecule has 0 aliphatic carbocycles. The number of nitrogens with one attached hydrogen (secondary N) is 1. The van der Waals surface area contributed by atoms with E-state index in [2.05, 4.69) is 339 Å². The third-order valence-electron chi connectivity index (χ3n) is 19.5. The average molecular weight is 1800 g/mol. The second kappa shape index (κ2) is 36.3. The van der Waals surface area contributed by atoms with E-state index in [4.69, 9.17) is 27.1 Å². The molecule has 0 unspecified atom stereocenters. The minimum atomic E-state index is 0. The van der Waals surface area contributed by atoms with E-state index in [1.807, 2.05) is 109 Å². The van der Waals surface area contributed by atoms with Crippen LogP contribution in [0, 0.1) is 0 Å². The summed E-state index contributed by atoms with van der Waals surface area (Å²) in [6.07, 6.45) is 3.75. The number of fused-ring (bicyclic) bond motifs is 15. The molecule has 116 heavy (non-hydrogen) atoms. The van der Waals surface area contributed by atoms with Crippen LogP contribution in [0.1, 0.15) is 7.43 Å². The number of rotatable bonds is 11. The molecule has 21 heteroatoms. The molecule has 0 amide bonds. The van der Waals surface area contributed by atoms with Gasteiger partial charge in [0.15, 0.2) is 0 Å². The van der Waals surface area contributed by atoms with Crippen LogP contribution in [0.3, 0.4) is 0 Å². The summed E-state index contributed by atoms with van der Waals surface area (Å²) >= 11 is 24.3. The van der Waals surface area contributed by atoms with E-state index in [1.165, 1.54) is 61.1 Å². The Kier molecular flexibility index (Phi) is 24.6. The van der Waals surface area contributed by atoms with Gasteiger partial charge in [0.25, 0.3) is 0 Å². The number of nitrogens with zero attached hydrogens (tertiary/aromatic N) is 4. The summed E-state index contributed by atoms with van der Waals surface area (Å²) in [5, 5.41) is 14.1. The van der Waals surface area contributed by atoms with Gasteiger partial charge in [-0.3, -0.25) is 4.90 Å². The predicted molar refractivity (Wildman–Crippen MR) is 515 cm³/mol. The van der Waals surface area contributed by atoms with Crippen molar-refractivity contribution in [2.45, 2.75) is 7.43 Å². The molecule has 21 aromatic rings. The number of hydrogen-bond acceptors (Lipinski definition) is 14. The third-order valence-corrected chi connectivity index (χ3v) is 27.1. The molecule has 1 N–H and O–H groups in total. The fourth-order valence-corrected chi connectivity index (χ4v) is 17.7. The molecule has 0 atom stereocenters. The first kappa shape index (κ1) is 78.6. The van der Waals surface area contributed by atoms with Crippen LogP contribution in [-0.2, 0) is 89.2 Å². The van der Waals surface area contributed by atoms with Gasteiger partial charge in [0, 0.05) is 230 Å². The quantitative estimate of drug-likeness (QED) is 0.124. The maximum Gasteiger partial charge on any atom is 0.141 e. The highest BCUT2D eigenvalue weighted by molar-refractivity contribution is 9.10. The first-order valence-corrected chi connectivity index (χ1v) is 46.9. The maximum absolute atomic E-state index is 6.82. The minimum absolute atomic E-state index is 0. The van der Waals surface area contributed by atoms with E-state index >= 15 is 0 Å². The van der Waals surface area contributed by atoms with E-state index in [0.717, 1.165) is 181 Å². The first-order valence-electron chi connectivity index (χ1n) is 36.0. The molecule has 0 aliphatic rings. The Labute approximate surface area is 718 Å². The van der Waals surface area contributed by atoms with E-state index < -0.39 is 0 Å². The lowest BCUT2D eigenvalue weighted by Gasteiger charge is -2.25. The molecule has 0 saturated heterocycles. The molecule has 7 aromatic heterocycles. The van der Waals surface area contributed by atoms with Crippen molar-refractivity contribution in [2.24, 2.45) is 0 Å². The summed E-state index contributed by atoms with van der Waals surface area (Å²) in [4.78, 5) is 13.7. The van der Waals surface area contributed by atoms with Crippen LogP contribution in [0.15, 0.2) is 383 Å². The SMILES string of the molecule is Brc1ccc2c(c1)oc1cc(Br)ncc12.C.S=S=S=S.S=S=S=S=S.c1ccc(-c2ccc(N(c3ccc4c(c3)oc3ccccc34)c3ccc4c(c3)oc3cc(N(c5ccc(-c6ccccc6)cc5)c5ccc6c(c5)oc5ccccc56)ncc34)cc2)cc1.c1ccc(-c2ccc(Nc3ccc4c(c3)oc3ccccc34)cc2)cc1. The summed E-state index contributed by atoms with van der Waals surface area (Å²) in [6.45, 7) is 0. The van der Waals surface area contributed by atoms with E-state index in [-0.39, 0.29) is 7.43 Å². The Bertz CT molecular complexity index is 7060. The molecule has 10 nitrogen and oxygen atoms in total. The zero-order valence-corrected chi connectivity index (χ0v) is 70.8. The van der Waals surface area contributed by atoms with Crippen molar-refractivity contribution in [3.8, 4) is 33.4 Å². The topological polar surface area (TPSA) is 110 Å². The monoisotopic (exact) mass is 1800 g/mol. The number of anilines is 8. The molecule has 0 fully saturated rings. The fraction of sp³-hybridized carbons (Fsp3) is 0.0105. The summed E-state index contributed by atoms with van der Waals surface area (Å²) in [5.41, 5.74) is 22.4. The molecule has 566 valence electrons. The predicted octanol–water partition coefficient (Wildman–Crippen LogP) is 29.2. The lowest BCUT2D eigenvalue weighted by atomic mass is 10.0. The van der Waals surface area contributed by atoms with Crippen molar-refractivity contribution >= 4 is 276 Å². The second-order valence-electron chi connectivity index (χ2n) is 26.3. The molecule has 0 radical (unpaired) electrons. The molecular formula is C95H63Br2N5O5S9. The van der Waals surface area contributed by atoms with Gasteiger partial charge < -0.3 is 32.3 Å². The largest absolute Gasteiger partial charge is 0.456 e. The highest BCUT2D eigenvalue weighted by Crippen LogP contribution is 2.45. The maximum atomic E-state index is 6.82. The number of aromatic nitrogens is 2. The van der Waals surface area contributed by atoms with Gasteiger partial charge in [-0.2, -0.15) is 0 Å². The van der Waals surface area contributed by atoms with Crippen molar-refractivity contribution in [2.75, 3.05) is 15.1 Å². The second-order valence-corrected chi connectivity index (χ2v) is 36.9. The van der Waals surface area contributed by atoms with E-state index in [9.17, 15) is 0 Å². The van der Waals surface area contributed by atoms with Crippen LogP contribution < -0.4 is 15.1 Å². The third kappa shape index (κ3) is 17.0. The van der Waals surface area contributed by atoms with Gasteiger partial charge in [0.05, 0.1) is 5.69 Å². The normalized spacial score (nSPS) is 10.9. The summed E-state index contributed by atoms with van der Waals surface area (Å²) in [6, 6.07) is 117. The van der Waals surface area contributed by atoms with Gasteiger partial charge in [0.2, 0.25) is 0 Å². The van der Waals surface area contributed by atoms with E-state index in [0.29, 0.717) is 0 Å². The Morgan fingerprint density at radius 3 is 1.03 bits per heavy atom. The molecule has 0 spiro atoms. The van der Waals surface area contributed by atoms with Gasteiger partial charge in [-0.25, -0.2) is 9.97 Å². The Morgan fingerprint density at radius 1 is 0.259 bits per heavy atom. The van der Waals surface area contributed by atoms with Gasteiger partial charge in [-0.1, -0.05) is 205 Å². The van der Waals surface area contributed by atoms with Crippen LogP contribution >= 0.6 is 31.9 Å².